The Labute approximate surface area is 206 Å². The smallest absolute Gasteiger partial charge is 0.270 e. The van der Waals surface area contributed by atoms with Crippen molar-refractivity contribution in [2.24, 2.45) is 0 Å². The molecule has 0 N–H and O–H groups in total. The molecule has 0 aliphatic carbocycles. The molecule has 5 nitrogen and oxygen atoms in total. The number of thiocarbonyl (C=S) groups is 1. The second-order valence-electron chi connectivity index (χ2n) is 6.88. The zero-order valence-electron chi connectivity index (χ0n) is 17.7. The van der Waals surface area contributed by atoms with Crippen molar-refractivity contribution in [2.45, 2.75) is 0 Å². The maximum atomic E-state index is 13.0. The predicted molar refractivity (Wildman–Crippen MR) is 138 cm³/mol. The summed E-state index contributed by atoms with van der Waals surface area (Å²) in [6, 6.07) is 22.0. The van der Waals surface area contributed by atoms with Crippen molar-refractivity contribution in [2.75, 3.05) is 25.2 Å². The van der Waals surface area contributed by atoms with Gasteiger partial charge in [-0.3, -0.25) is 9.69 Å². The summed E-state index contributed by atoms with van der Waals surface area (Å²) in [6.45, 7) is 0.615. The summed E-state index contributed by atoms with van der Waals surface area (Å²) in [5.74, 6) is 1.71. The number of para-hydroxylation sites is 3. The molecule has 0 bridgehead atoms. The minimum Gasteiger partial charge on any atom is -0.493 e. The van der Waals surface area contributed by atoms with E-state index in [-0.39, 0.29) is 5.91 Å². The van der Waals surface area contributed by atoms with Gasteiger partial charge in [0.25, 0.3) is 5.91 Å². The number of hydrogen-bond donors (Lipinski definition) is 0. The summed E-state index contributed by atoms with van der Waals surface area (Å²) in [4.78, 5) is 15.1. The first-order valence-electron chi connectivity index (χ1n) is 10.1. The molecule has 1 aliphatic heterocycles. The molecule has 1 amide bonds. The second-order valence-corrected chi connectivity index (χ2v) is 8.99. The first-order chi connectivity index (χ1) is 16.1. The summed E-state index contributed by atoms with van der Waals surface area (Å²) in [6.07, 6.45) is 1.75. The minimum atomic E-state index is -0.179. The third-order valence-electron chi connectivity index (χ3n) is 4.73. The van der Waals surface area contributed by atoms with E-state index in [4.69, 9.17) is 38.0 Å². The molecule has 1 fully saturated rings. The lowest BCUT2D eigenvalue weighted by Crippen LogP contribution is -2.27. The monoisotopic (exact) mass is 497 g/mol. The van der Waals surface area contributed by atoms with Gasteiger partial charge in [0.2, 0.25) is 0 Å². The molecule has 1 saturated heterocycles. The number of methoxy groups -OCH3 is 1. The predicted octanol–water partition coefficient (Wildman–Crippen LogP) is 6.21. The average molecular weight is 498 g/mol. The Kier molecular flexibility index (Phi) is 7.54. The number of halogens is 1. The van der Waals surface area contributed by atoms with Crippen LogP contribution in [-0.2, 0) is 4.79 Å². The van der Waals surface area contributed by atoms with Gasteiger partial charge in [-0.2, -0.15) is 0 Å². The fourth-order valence-electron chi connectivity index (χ4n) is 3.21. The molecule has 0 saturated carbocycles. The molecule has 4 rings (SSSR count). The highest BCUT2D eigenvalue weighted by atomic mass is 35.5. The van der Waals surface area contributed by atoms with Crippen LogP contribution >= 0.6 is 35.6 Å². The fraction of sp³-hybridized carbons (Fsp3) is 0.120. The van der Waals surface area contributed by atoms with E-state index in [0.29, 0.717) is 50.3 Å². The van der Waals surface area contributed by atoms with Crippen LogP contribution in [0.2, 0.25) is 5.02 Å². The quantitative estimate of drug-likeness (QED) is 0.209. The average Bonchev–Trinajstić information content (AvgIpc) is 3.11. The molecule has 8 heteroatoms. The van der Waals surface area contributed by atoms with E-state index in [9.17, 15) is 4.79 Å². The standard InChI is InChI=1S/C25H20ClNO4S2/c1-29-21-9-5-6-10-22(21)31-14-13-30-20-12-11-18(26)15-17(20)16-23-24(28)27(25(32)33-23)19-7-3-2-4-8-19/h2-12,15-16H,13-14H2,1H3/b23-16-. The Hall–Kier alpha value is -3.00. The molecule has 1 aliphatic rings. The molecule has 1 heterocycles. The van der Waals surface area contributed by atoms with Crippen molar-refractivity contribution in [3.8, 4) is 17.2 Å². The van der Waals surface area contributed by atoms with Gasteiger partial charge in [-0.1, -0.05) is 65.9 Å². The first kappa shape index (κ1) is 23.2. The number of ether oxygens (including phenoxy) is 3. The molecule has 0 spiro atoms. The zero-order valence-corrected chi connectivity index (χ0v) is 20.1. The van der Waals surface area contributed by atoms with Gasteiger partial charge in [0.15, 0.2) is 15.8 Å². The highest BCUT2D eigenvalue weighted by Gasteiger charge is 2.33. The number of carbonyl (C=O) groups is 1. The van der Waals surface area contributed by atoms with Crippen LogP contribution in [0.3, 0.4) is 0 Å². The molecular formula is C25H20ClNO4S2. The molecule has 3 aromatic rings. The van der Waals surface area contributed by atoms with Gasteiger partial charge < -0.3 is 14.2 Å². The van der Waals surface area contributed by atoms with Crippen molar-refractivity contribution in [3.05, 3.63) is 88.3 Å². The first-order valence-corrected chi connectivity index (χ1v) is 11.7. The molecule has 0 aromatic heterocycles. The molecule has 0 radical (unpaired) electrons. The molecule has 0 unspecified atom stereocenters. The van der Waals surface area contributed by atoms with E-state index in [2.05, 4.69) is 0 Å². The summed E-state index contributed by atoms with van der Waals surface area (Å²) >= 11 is 12.9. The van der Waals surface area contributed by atoms with Gasteiger partial charge in [-0.15, -0.1) is 0 Å². The number of carbonyl (C=O) groups excluding carboxylic acids is 1. The van der Waals surface area contributed by atoms with Gasteiger partial charge in [0.1, 0.15) is 19.0 Å². The van der Waals surface area contributed by atoms with E-state index in [1.807, 2.05) is 54.6 Å². The van der Waals surface area contributed by atoms with E-state index in [1.54, 1.807) is 31.4 Å². The van der Waals surface area contributed by atoms with Gasteiger partial charge >= 0.3 is 0 Å². The van der Waals surface area contributed by atoms with Crippen molar-refractivity contribution in [1.29, 1.82) is 0 Å². The number of rotatable bonds is 8. The third kappa shape index (κ3) is 5.50. The lowest BCUT2D eigenvalue weighted by Gasteiger charge is -2.14. The maximum Gasteiger partial charge on any atom is 0.270 e. The van der Waals surface area contributed by atoms with Crippen LogP contribution in [0.4, 0.5) is 5.69 Å². The molecule has 0 atom stereocenters. The number of nitrogens with zero attached hydrogens (tertiary/aromatic N) is 1. The summed E-state index contributed by atoms with van der Waals surface area (Å²) < 4.78 is 17.5. The van der Waals surface area contributed by atoms with Gasteiger partial charge in [-0.05, 0) is 48.5 Å². The molecular weight excluding hydrogens is 478 g/mol. The minimum absolute atomic E-state index is 0.179. The van der Waals surface area contributed by atoms with Crippen LogP contribution in [0.5, 0.6) is 17.2 Å². The largest absolute Gasteiger partial charge is 0.493 e. The number of thioether (sulfide) groups is 1. The number of benzene rings is 3. The topological polar surface area (TPSA) is 48.0 Å². The van der Waals surface area contributed by atoms with Crippen LogP contribution in [0.15, 0.2) is 77.7 Å². The van der Waals surface area contributed by atoms with Crippen molar-refractivity contribution >= 4 is 57.6 Å². The molecule has 168 valence electrons. The van der Waals surface area contributed by atoms with Gasteiger partial charge in [-0.25, -0.2) is 0 Å². The Morgan fingerprint density at radius 3 is 2.33 bits per heavy atom. The number of amides is 1. The van der Waals surface area contributed by atoms with Gasteiger partial charge in [0.05, 0.1) is 17.7 Å². The number of hydrogen-bond acceptors (Lipinski definition) is 6. The lowest BCUT2D eigenvalue weighted by atomic mass is 10.1. The van der Waals surface area contributed by atoms with Crippen LogP contribution in [0.1, 0.15) is 5.56 Å². The SMILES string of the molecule is COc1ccccc1OCCOc1ccc(Cl)cc1/C=C1\SC(=S)N(c2ccccc2)C1=O. The highest BCUT2D eigenvalue weighted by Crippen LogP contribution is 2.37. The summed E-state index contributed by atoms with van der Waals surface area (Å²) in [7, 11) is 1.60. The third-order valence-corrected chi connectivity index (χ3v) is 6.27. The summed E-state index contributed by atoms with van der Waals surface area (Å²) in [5.41, 5.74) is 1.42. The van der Waals surface area contributed by atoms with E-state index in [0.717, 1.165) is 5.69 Å². The van der Waals surface area contributed by atoms with Crippen molar-refractivity contribution in [1.82, 2.24) is 0 Å². The van der Waals surface area contributed by atoms with Crippen LogP contribution in [-0.4, -0.2) is 30.6 Å². The van der Waals surface area contributed by atoms with Crippen molar-refractivity contribution < 1.29 is 19.0 Å². The Bertz CT molecular complexity index is 1200. The normalized spacial score (nSPS) is 14.6. The lowest BCUT2D eigenvalue weighted by molar-refractivity contribution is -0.113. The maximum absolute atomic E-state index is 13.0. The second kappa shape index (κ2) is 10.7. The van der Waals surface area contributed by atoms with E-state index in [1.165, 1.54) is 16.7 Å². The Morgan fingerprint density at radius 1 is 0.939 bits per heavy atom. The number of anilines is 1. The van der Waals surface area contributed by atoms with Gasteiger partial charge in [0, 0.05) is 10.6 Å². The summed E-state index contributed by atoms with van der Waals surface area (Å²) in [5, 5.41) is 0.539. The van der Waals surface area contributed by atoms with E-state index >= 15 is 0 Å². The Balaban J connectivity index is 1.47. The Morgan fingerprint density at radius 2 is 1.61 bits per heavy atom. The highest BCUT2D eigenvalue weighted by molar-refractivity contribution is 8.27. The fourth-order valence-corrected chi connectivity index (χ4v) is 4.68. The van der Waals surface area contributed by atoms with Crippen LogP contribution in [0, 0.1) is 0 Å². The van der Waals surface area contributed by atoms with E-state index < -0.39 is 0 Å². The van der Waals surface area contributed by atoms with Crippen LogP contribution < -0.4 is 19.1 Å². The zero-order chi connectivity index (χ0) is 23.2. The van der Waals surface area contributed by atoms with Crippen molar-refractivity contribution in [3.63, 3.8) is 0 Å². The van der Waals surface area contributed by atoms with Crippen LogP contribution in [0.25, 0.3) is 6.08 Å². The molecule has 3 aromatic carbocycles. The molecule has 33 heavy (non-hydrogen) atoms.